The van der Waals surface area contributed by atoms with E-state index >= 15 is 0 Å². The fourth-order valence-corrected chi connectivity index (χ4v) is 3.57. The molecule has 0 saturated heterocycles. The van der Waals surface area contributed by atoms with Gasteiger partial charge in [-0.1, -0.05) is 0 Å². The summed E-state index contributed by atoms with van der Waals surface area (Å²) >= 11 is 0. The highest BCUT2D eigenvalue weighted by Gasteiger charge is 2.43. The predicted octanol–water partition coefficient (Wildman–Crippen LogP) is 4.15. The number of aromatic nitrogens is 4. The lowest BCUT2D eigenvalue weighted by Crippen LogP contribution is -1.90. The van der Waals surface area contributed by atoms with Crippen LogP contribution in [0.25, 0.3) is 11.3 Å². The Morgan fingerprint density at radius 2 is 1.28 bits per heavy atom. The number of nitrogens with zero attached hydrogens (tertiary/aromatic N) is 4. The Morgan fingerprint density at radius 1 is 0.840 bits per heavy atom. The number of fused-ring (bicyclic) bond motifs is 2. The zero-order valence-corrected chi connectivity index (χ0v) is 13.9. The van der Waals surface area contributed by atoms with Crippen LogP contribution in [0.15, 0.2) is 36.9 Å². The fraction of sp³-hybridized carbons (Fsp3) is 0.263. The van der Waals surface area contributed by atoms with Gasteiger partial charge in [0.1, 0.15) is 22.9 Å². The van der Waals surface area contributed by atoms with Crippen LogP contribution in [0, 0.1) is 25.5 Å². The van der Waals surface area contributed by atoms with Gasteiger partial charge in [0.2, 0.25) is 0 Å². The van der Waals surface area contributed by atoms with Crippen molar-refractivity contribution in [1.29, 1.82) is 0 Å². The van der Waals surface area contributed by atoms with Gasteiger partial charge in [0.15, 0.2) is 0 Å². The van der Waals surface area contributed by atoms with Gasteiger partial charge in [-0.25, -0.2) is 18.7 Å². The quantitative estimate of drug-likeness (QED) is 0.550. The third kappa shape index (κ3) is 2.10. The topological polar surface area (TPSA) is 34.6 Å². The molecule has 0 aliphatic heterocycles. The molecule has 0 N–H and O–H groups in total. The minimum absolute atomic E-state index is 0.241. The van der Waals surface area contributed by atoms with Gasteiger partial charge >= 0.3 is 0 Å². The van der Waals surface area contributed by atoms with Crippen molar-refractivity contribution in [3.63, 3.8) is 0 Å². The van der Waals surface area contributed by atoms with E-state index in [0.717, 1.165) is 17.8 Å². The van der Waals surface area contributed by atoms with Crippen molar-refractivity contribution in [2.75, 3.05) is 0 Å². The molecule has 2 atom stereocenters. The number of imidazole rings is 2. The maximum absolute atomic E-state index is 13.7. The Balaban J connectivity index is 1.51. The van der Waals surface area contributed by atoms with Gasteiger partial charge in [0.05, 0.1) is 11.4 Å². The van der Waals surface area contributed by atoms with Crippen molar-refractivity contribution in [3.05, 3.63) is 71.1 Å². The van der Waals surface area contributed by atoms with E-state index < -0.39 is 0 Å². The smallest absolute Gasteiger partial charge is 0.142 e. The summed E-state index contributed by atoms with van der Waals surface area (Å²) in [6.07, 6.45) is 8.28. The van der Waals surface area contributed by atoms with Crippen molar-refractivity contribution >= 4 is 11.3 Å². The first-order valence-corrected chi connectivity index (χ1v) is 8.30. The highest BCUT2D eigenvalue weighted by atomic mass is 19.1. The first-order valence-electron chi connectivity index (χ1n) is 8.30. The van der Waals surface area contributed by atoms with E-state index in [9.17, 15) is 8.78 Å². The molecule has 4 aromatic heterocycles. The molecular formula is C19H16F2N4. The number of pyridine rings is 2. The van der Waals surface area contributed by atoms with E-state index in [2.05, 4.69) is 9.97 Å². The molecule has 4 aromatic rings. The number of halogens is 2. The van der Waals surface area contributed by atoms with Gasteiger partial charge in [0, 0.05) is 47.8 Å². The van der Waals surface area contributed by atoms with E-state index in [-0.39, 0.29) is 23.5 Å². The maximum atomic E-state index is 13.7. The normalized spacial score (nSPS) is 19.8. The van der Waals surface area contributed by atoms with E-state index in [1.165, 1.54) is 12.1 Å². The second-order valence-corrected chi connectivity index (χ2v) is 6.82. The summed E-state index contributed by atoms with van der Waals surface area (Å²) in [5, 5.41) is 0. The molecule has 25 heavy (non-hydrogen) atoms. The van der Waals surface area contributed by atoms with E-state index in [4.69, 9.17) is 0 Å². The van der Waals surface area contributed by atoms with Crippen molar-refractivity contribution in [2.45, 2.75) is 32.1 Å². The number of aryl methyl sites for hydroxylation is 2. The zero-order chi connectivity index (χ0) is 17.3. The van der Waals surface area contributed by atoms with E-state index in [0.29, 0.717) is 22.4 Å². The van der Waals surface area contributed by atoms with Gasteiger partial charge in [0.25, 0.3) is 0 Å². The van der Waals surface area contributed by atoms with Crippen LogP contribution in [0.2, 0.25) is 0 Å². The predicted molar refractivity (Wildman–Crippen MR) is 89.9 cm³/mol. The Labute approximate surface area is 142 Å². The Hall–Kier alpha value is -2.76. The monoisotopic (exact) mass is 338 g/mol. The van der Waals surface area contributed by atoms with Gasteiger partial charge in [-0.2, -0.15) is 0 Å². The van der Waals surface area contributed by atoms with Crippen molar-refractivity contribution < 1.29 is 8.78 Å². The fourth-order valence-electron chi connectivity index (χ4n) is 3.57. The van der Waals surface area contributed by atoms with Crippen LogP contribution in [0.5, 0.6) is 0 Å². The third-order valence-corrected chi connectivity index (χ3v) is 5.20. The molecule has 0 spiro atoms. The molecule has 6 heteroatoms. The molecule has 1 aliphatic rings. The van der Waals surface area contributed by atoms with Crippen LogP contribution in [-0.2, 0) is 0 Å². The Morgan fingerprint density at radius 3 is 1.72 bits per heavy atom. The molecule has 0 radical (unpaired) electrons. The number of rotatable bonds is 2. The largest absolute Gasteiger partial charge is 0.306 e. The second-order valence-electron chi connectivity index (χ2n) is 6.82. The second kappa shape index (κ2) is 4.88. The summed E-state index contributed by atoms with van der Waals surface area (Å²) in [5.74, 6) is 0.0690. The van der Waals surface area contributed by atoms with Gasteiger partial charge in [-0.05, 0) is 32.4 Å². The lowest BCUT2D eigenvalue weighted by Gasteiger charge is -1.97. The van der Waals surface area contributed by atoms with Crippen LogP contribution < -0.4 is 0 Å². The molecule has 0 bridgehead atoms. The average molecular weight is 338 g/mol. The highest BCUT2D eigenvalue weighted by Crippen LogP contribution is 2.54. The lowest BCUT2D eigenvalue weighted by molar-refractivity contribution is 0.616. The molecule has 5 rings (SSSR count). The standard InChI is InChI=1S/C19H16F2N4/c1-10-14(20)3-5-24-8-16(22-18(10)24)12-7-13(12)17-9-25-6-4-15(21)11(2)19(25)23-17/h3-6,8-9,12-13H,7H2,1-2H3. The summed E-state index contributed by atoms with van der Waals surface area (Å²) in [6, 6.07) is 2.91. The summed E-state index contributed by atoms with van der Waals surface area (Å²) < 4.78 is 31.2. The van der Waals surface area contributed by atoms with Gasteiger partial charge in [-0.15, -0.1) is 0 Å². The van der Waals surface area contributed by atoms with Crippen LogP contribution >= 0.6 is 0 Å². The van der Waals surface area contributed by atoms with Crippen LogP contribution in [-0.4, -0.2) is 18.8 Å². The summed E-state index contributed by atoms with van der Waals surface area (Å²) in [5.41, 5.74) is 4.36. The summed E-state index contributed by atoms with van der Waals surface area (Å²) in [4.78, 5) is 9.25. The summed E-state index contributed by atoms with van der Waals surface area (Å²) in [7, 11) is 0. The lowest BCUT2D eigenvalue weighted by atomic mass is 10.2. The Kier molecular flexibility index (Phi) is 2.84. The third-order valence-electron chi connectivity index (χ3n) is 5.20. The molecule has 1 aliphatic carbocycles. The SMILES string of the molecule is Cc1c(F)ccn2cc(C3CC3c3cn4ccc(F)c(C)c4n3)nc12. The first kappa shape index (κ1) is 14.6. The molecule has 0 amide bonds. The van der Waals surface area contributed by atoms with Crippen molar-refractivity contribution in [1.82, 2.24) is 18.8 Å². The van der Waals surface area contributed by atoms with Crippen LogP contribution in [0.4, 0.5) is 8.78 Å². The van der Waals surface area contributed by atoms with E-state index in [1.54, 1.807) is 26.2 Å². The van der Waals surface area contributed by atoms with Crippen molar-refractivity contribution in [3.8, 4) is 0 Å². The van der Waals surface area contributed by atoms with Gasteiger partial charge in [-0.3, -0.25) is 0 Å². The Bertz CT molecular complexity index is 1050. The highest BCUT2D eigenvalue weighted by molar-refractivity contribution is 5.52. The molecule has 1 fully saturated rings. The first-order chi connectivity index (χ1) is 12.0. The molecule has 1 saturated carbocycles. The number of hydrogen-bond acceptors (Lipinski definition) is 2. The van der Waals surface area contributed by atoms with Crippen LogP contribution in [0.3, 0.4) is 0 Å². The number of hydrogen-bond donors (Lipinski definition) is 0. The molecule has 4 heterocycles. The maximum Gasteiger partial charge on any atom is 0.142 e. The molecule has 4 nitrogen and oxygen atoms in total. The minimum atomic E-state index is -0.241. The van der Waals surface area contributed by atoms with Gasteiger partial charge < -0.3 is 8.80 Å². The molecule has 126 valence electrons. The minimum Gasteiger partial charge on any atom is -0.306 e. The molecular weight excluding hydrogens is 322 g/mol. The zero-order valence-electron chi connectivity index (χ0n) is 13.9. The molecule has 2 unspecified atom stereocenters. The summed E-state index contributed by atoms with van der Waals surface area (Å²) in [6.45, 7) is 3.48. The van der Waals surface area contributed by atoms with E-state index in [1.807, 2.05) is 21.2 Å². The average Bonchev–Trinajstić information content (AvgIpc) is 3.09. The van der Waals surface area contributed by atoms with Crippen LogP contribution in [0.1, 0.15) is 40.8 Å². The van der Waals surface area contributed by atoms with Crippen molar-refractivity contribution in [2.24, 2.45) is 0 Å². The molecule has 0 aromatic carbocycles.